The Morgan fingerprint density at radius 3 is 2.36 bits per heavy atom. The third-order valence-electron chi connectivity index (χ3n) is 5.97. The Kier molecular flexibility index (Phi) is 9.58. The molecule has 4 aromatic rings. The van der Waals surface area contributed by atoms with E-state index in [1.807, 2.05) is 37.3 Å². The lowest BCUT2D eigenvalue weighted by Gasteiger charge is -2.21. The first-order valence-electron chi connectivity index (χ1n) is 12.5. The summed E-state index contributed by atoms with van der Waals surface area (Å²) in [7, 11) is 3.12. The lowest BCUT2D eigenvalue weighted by molar-refractivity contribution is -0.111. The molecule has 1 heterocycles. The molecule has 0 bridgehead atoms. The second-order valence-corrected chi connectivity index (χ2v) is 9.33. The first kappa shape index (κ1) is 27.7. The zero-order valence-electron chi connectivity index (χ0n) is 22.0. The molecule has 202 valence electrons. The number of rotatable bonds is 10. The van der Waals surface area contributed by atoms with Gasteiger partial charge in [-0.05, 0) is 55.7 Å². The monoisotopic (exact) mass is 546 g/mol. The number of nitrogens with zero attached hydrogens (tertiary/aromatic N) is 3. The fourth-order valence-electron chi connectivity index (χ4n) is 3.98. The average Bonchev–Trinajstić information content (AvgIpc) is 2.97. The number of aromatic nitrogens is 2. The molecule has 0 atom stereocenters. The van der Waals surface area contributed by atoms with Crippen molar-refractivity contribution in [2.75, 3.05) is 25.7 Å². The maximum absolute atomic E-state index is 12.8. The van der Waals surface area contributed by atoms with Gasteiger partial charge in [0.1, 0.15) is 12.1 Å². The lowest BCUT2D eigenvalue weighted by Crippen LogP contribution is -2.37. The molecule has 0 saturated heterocycles. The molecule has 0 unspecified atom stereocenters. The molecule has 0 aliphatic rings. The number of anilines is 1. The number of carbonyl (C=O) groups excluding carboxylic acids is 2. The van der Waals surface area contributed by atoms with E-state index in [0.717, 1.165) is 24.8 Å². The van der Waals surface area contributed by atoms with Gasteiger partial charge in [-0.2, -0.15) is 0 Å². The van der Waals surface area contributed by atoms with Crippen molar-refractivity contribution in [3.63, 3.8) is 0 Å². The molecule has 0 spiro atoms. The van der Waals surface area contributed by atoms with Crippen LogP contribution in [0.2, 0.25) is 0 Å². The summed E-state index contributed by atoms with van der Waals surface area (Å²) in [4.78, 5) is 35.2. The van der Waals surface area contributed by atoms with Crippen molar-refractivity contribution in [3.8, 4) is 23.1 Å². The van der Waals surface area contributed by atoms with Crippen LogP contribution >= 0.6 is 11.9 Å². The van der Waals surface area contributed by atoms with Crippen molar-refractivity contribution in [1.82, 2.24) is 14.7 Å². The van der Waals surface area contributed by atoms with Crippen LogP contribution in [0.1, 0.15) is 25.3 Å². The molecular weight excluding hydrogens is 516 g/mol. The molecule has 0 fully saturated rings. The summed E-state index contributed by atoms with van der Waals surface area (Å²) in [5, 5.41) is 0.588. The SMILES string of the molecule is CCN(C(=O)NSC(=O)CCCc1ccccc1)c1ccc(Oc2ncnc3cc(OC)c(OC)cc23)cc1. The number of urea groups is 1. The van der Waals surface area contributed by atoms with E-state index in [9.17, 15) is 9.59 Å². The lowest BCUT2D eigenvalue weighted by atomic mass is 10.1. The third-order valence-corrected chi connectivity index (χ3v) is 6.68. The van der Waals surface area contributed by atoms with Gasteiger partial charge in [-0.25, -0.2) is 14.8 Å². The van der Waals surface area contributed by atoms with Crippen LogP contribution in [0.25, 0.3) is 10.9 Å². The number of methoxy groups -OCH3 is 2. The summed E-state index contributed by atoms with van der Waals surface area (Å²) in [6.07, 6.45) is 3.35. The number of amides is 2. The Labute approximate surface area is 231 Å². The molecule has 0 aliphatic carbocycles. The average molecular weight is 547 g/mol. The van der Waals surface area contributed by atoms with Crippen molar-refractivity contribution in [2.24, 2.45) is 0 Å². The van der Waals surface area contributed by atoms with Crippen LogP contribution < -0.4 is 23.8 Å². The summed E-state index contributed by atoms with van der Waals surface area (Å²) in [6.45, 7) is 2.29. The third kappa shape index (κ3) is 7.17. The topological polar surface area (TPSA) is 103 Å². The Morgan fingerprint density at radius 2 is 1.67 bits per heavy atom. The Hall–Kier alpha value is -4.31. The van der Waals surface area contributed by atoms with Crippen LogP contribution in [-0.2, 0) is 11.2 Å². The van der Waals surface area contributed by atoms with Crippen LogP contribution in [0.3, 0.4) is 0 Å². The van der Waals surface area contributed by atoms with E-state index in [1.165, 1.54) is 11.9 Å². The minimum absolute atomic E-state index is 0.0783. The van der Waals surface area contributed by atoms with Crippen LogP contribution in [0.5, 0.6) is 23.1 Å². The summed E-state index contributed by atoms with van der Waals surface area (Å²) in [6, 6.07) is 20.2. The smallest absolute Gasteiger partial charge is 0.332 e. The maximum Gasteiger partial charge on any atom is 0.332 e. The van der Waals surface area contributed by atoms with E-state index >= 15 is 0 Å². The molecule has 0 radical (unpaired) electrons. The number of carbonyl (C=O) groups is 2. The standard InChI is InChI=1S/C29H30N4O5S/c1-4-33(29(35)32-39-27(34)12-8-11-20-9-6-5-7-10-20)21-13-15-22(16-14-21)38-28-23-17-25(36-2)26(37-3)18-24(23)30-19-31-28/h5-7,9-10,13-19H,4,8,11-12H2,1-3H3,(H,32,35). The summed E-state index contributed by atoms with van der Waals surface area (Å²) >= 11 is 0.831. The van der Waals surface area contributed by atoms with Crippen LogP contribution in [0.15, 0.2) is 73.1 Å². The molecule has 2 amide bonds. The molecule has 3 aromatic carbocycles. The maximum atomic E-state index is 12.8. The number of aryl methyl sites for hydroxylation is 1. The summed E-state index contributed by atoms with van der Waals surface area (Å²) < 4.78 is 19.4. The van der Waals surface area contributed by atoms with Gasteiger partial charge in [0, 0.05) is 36.7 Å². The Bertz CT molecular complexity index is 1420. The minimum Gasteiger partial charge on any atom is -0.493 e. The van der Waals surface area contributed by atoms with Crippen molar-refractivity contribution >= 4 is 39.7 Å². The first-order chi connectivity index (χ1) is 19.0. The van der Waals surface area contributed by atoms with Crippen molar-refractivity contribution in [2.45, 2.75) is 26.2 Å². The normalized spacial score (nSPS) is 10.6. The molecule has 1 N–H and O–H groups in total. The van der Waals surface area contributed by atoms with E-state index in [1.54, 1.807) is 55.5 Å². The van der Waals surface area contributed by atoms with E-state index in [-0.39, 0.29) is 11.1 Å². The predicted molar refractivity (Wildman–Crippen MR) is 153 cm³/mol. The molecule has 4 rings (SSSR count). The first-order valence-corrected chi connectivity index (χ1v) is 13.3. The highest BCUT2D eigenvalue weighted by molar-refractivity contribution is 8.12. The van der Waals surface area contributed by atoms with Gasteiger partial charge in [-0.1, -0.05) is 30.3 Å². The minimum atomic E-state index is -0.365. The van der Waals surface area contributed by atoms with Crippen LogP contribution in [0.4, 0.5) is 10.5 Å². The van der Waals surface area contributed by atoms with Gasteiger partial charge in [-0.15, -0.1) is 0 Å². The molecule has 10 heteroatoms. The van der Waals surface area contributed by atoms with Gasteiger partial charge in [-0.3, -0.25) is 14.4 Å². The Balaban J connectivity index is 1.35. The summed E-state index contributed by atoms with van der Waals surface area (Å²) in [5.41, 5.74) is 2.51. The molecule has 39 heavy (non-hydrogen) atoms. The van der Waals surface area contributed by atoms with E-state index in [0.29, 0.717) is 52.7 Å². The number of benzene rings is 3. The van der Waals surface area contributed by atoms with Gasteiger partial charge in [0.15, 0.2) is 11.5 Å². The molecule has 1 aromatic heterocycles. The Morgan fingerprint density at radius 1 is 0.949 bits per heavy atom. The predicted octanol–water partition coefficient (Wildman–Crippen LogP) is 6.17. The molecule has 9 nitrogen and oxygen atoms in total. The fourth-order valence-corrected chi connectivity index (χ4v) is 4.54. The van der Waals surface area contributed by atoms with Crippen molar-refractivity contribution in [3.05, 3.63) is 78.6 Å². The molecule has 0 saturated carbocycles. The fraction of sp³-hybridized carbons (Fsp3) is 0.241. The zero-order chi connectivity index (χ0) is 27.6. The number of nitrogens with one attached hydrogen (secondary N) is 1. The van der Waals surface area contributed by atoms with Gasteiger partial charge in [0.2, 0.25) is 11.0 Å². The second-order valence-electron chi connectivity index (χ2n) is 8.46. The molecule has 0 aliphatic heterocycles. The van der Waals surface area contributed by atoms with E-state index < -0.39 is 0 Å². The second kappa shape index (κ2) is 13.5. The van der Waals surface area contributed by atoms with Crippen LogP contribution in [-0.4, -0.2) is 41.9 Å². The zero-order valence-corrected chi connectivity index (χ0v) is 22.9. The van der Waals surface area contributed by atoms with Gasteiger partial charge >= 0.3 is 6.03 Å². The largest absolute Gasteiger partial charge is 0.493 e. The van der Waals surface area contributed by atoms with Crippen molar-refractivity contribution in [1.29, 1.82) is 0 Å². The number of ether oxygens (including phenoxy) is 3. The molecular formula is C29H30N4O5S. The highest BCUT2D eigenvalue weighted by Gasteiger charge is 2.17. The highest BCUT2D eigenvalue weighted by Crippen LogP contribution is 2.36. The van der Waals surface area contributed by atoms with Gasteiger partial charge < -0.3 is 14.2 Å². The van der Waals surface area contributed by atoms with Gasteiger partial charge in [0.25, 0.3) is 0 Å². The van der Waals surface area contributed by atoms with Crippen LogP contribution in [0, 0.1) is 0 Å². The van der Waals surface area contributed by atoms with Gasteiger partial charge in [0.05, 0.1) is 25.1 Å². The number of fused-ring (bicyclic) bond motifs is 1. The number of hydrogen-bond acceptors (Lipinski definition) is 8. The summed E-state index contributed by atoms with van der Waals surface area (Å²) in [5.74, 6) is 2.00. The quantitative estimate of drug-likeness (QED) is 0.236. The number of hydrogen-bond donors (Lipinski definition) is 1. The van der Waals surface area contributed by atoms with E-state index in [4.69, 9.17) is 14.2 Å². The highest BCUT2D eigenvalue weighted by atomic mass is 32.2. The van der Waals surface area contributed by atoms with Crippen molar-refractivity contribution < 1.29 is 23.8 Å². The van der Waals surface area contributed by atoms with E-state index in [2.05, 4.69) is 14.7 Å².